The highest BCUT2D eigenvalue weighted by atomic mass is 14.9. The van der Waals surface area contributed by atoms with Gasteiger partial charge in [-0.05, 0) is 48.8 Å². The van der Waals surface area contributed by atoms with Crippen LogP contribution in [0.2, 0.25) is 0 Å². The third kappa shape index (κ3) is 2.70. The van der Waals surface area contributed by atoms with Gasteiger partial charge in [-0.3, -0.25) is 0 Å². The number of rotatable bonds is 2. The average molecular weight is 249 g/mol. The first-order chi connectivity index (χ1) is 9.33. The van der Waals surface area contributed by atoms with Crippen LogP contribution < -0.4 is 5.32 Å². The number of benzene rings is 1. The first-order valence-electron chi connectivity index (χ1n) is 6.90. The quantitative estimate of drug-likeness (QED) is 0.817. The van der Waals surface area contributed by atoms with E-state index in [0.717, 1.165) is 6.42 Å². The minimum absolute atomic E-state index is 0.276. The highest BCUT2D eigenvalue weighted by Crippen LogP contribution is 2.28. The summed E-state index contributed by atoms with van der Waals surface area (Å²) in [5.41, 5.74) is 5.47. The van der Waals surface area contributed by atoms with Crippen LogP contribution in [0, 0.1) is 0 Å². The highest BCUT2D eigenvalue weighted by Gasteiger charge is 2.13. The fraction of sp³-hybridized carbons (Fsp3) is 0.222. The highest BCUT2D eigenvalue weighted by molar-refractivity contribution is 5.51. The van der Waals surface area contributed by atoms with E-state index in [1.165, 1.54) is 28.7 Å². The van der Waals surface area contributed by atoms with Gasteiger partial charge in [0.15, 0.2) is 0 Å². The zero-order valence-electron chi connectivity index (χ0n) is 11.3. The number of hydrogen-bond acceptors (Lipinski definition) is 1. The summed E-state index contributed by atoms with van der Waals surface area (Å²) in [4.78, 5) is 0. The van der Waals surface area contributed by atoms with Gasteiger partial charge in [-0.2, -0.15) is 0 Å². The van der Waals surface area contributed by atoms with Crippen LogP contribution >= 0.6 is 0 Å². The van der Waals surface area contributed by atoms with Crippen LogP contribution in [0.3, 0.4) is 0 Å². The van der Waals surface area contributed by atoms with Crippen LogP contribution in [0.1, 0.15) is 31.4 Å². The van der Waals surface area contributed by atoms with Crippen LogP contribution in [0.5, 0.6) is 0 Å². The minimum atomic E-state index is 0.276. The number of hydrogen-bond donors (Lipinski definition) is 1. The van der Waals surface area contributed by atoms with Crippen molar-refractivity contribution in [3.63, 3.8) is 0 Å². The van der Waals surface area contributed by atoms with Crippen LogP contribution in [-0.4, -0.2) is 0 Å². The second-order valence-electron chi connectivity index (χ2n) is 5.20. The average Bonchev–Trinajstić information content (AvgIpc) is 2.48. The smallest absolute Gasteiger partial charge is 0.0701 e. The van der Waals surface area contributed by atoms with Crippen molar-refractivity contribution < 1.29 is 0 Å². The molecule has 0 aromatic heterocycles. The molecule has 0 fully saturated rings. The monoisotopic (exact) mass is 249 g/mol. The van der Waals surface area contributed by atoms with Gasteiger partial charge in [0, 0.05) is 0 Å². The summed E-state index contributed by atoms with van der Waals surface area (Å²) in [7, 11) is 0. The summed E-state index contributed by atoms with van der Waals surface area (Å²) in [6.45, 7) is 2.22. The molecule has 3 rings (SSSR count). The molecule has 0 saturated carbocycles. The van der Waals surface area contributed by atoms with E-state index in [4.69, 9.17) is 0 Å². The Morgan fingerprint density at radius 2 is 1.95 bits per heavy atom. The Morgan fingerprint density at radius 1 is 1.11 bits per heavy atom. The van der Waals surface area contributed by atoms with Crippen molar-refractivity contribution in [2.24, 2.45) is 0 Å². The van der Waals surface area contributed by atoms with Gasteiger partial charge < -0.3 is 5.32 Å². The summed E-state index contributed by atoms with van der Waals surface area (Å²) in [6.07, 6.45) is 13.6. The Hall–Kier alpha value is -2.02. The van der Waals surface area contributed by atoms with Crippen LogP contribution in [0.25, 0.3) is 0 Å². The van der Waals surface area contributed by atoms with Crippen molar-refractivity contribution in [3.8, 4) is 0 Å². The van der Waals surface area contributed by atoms with Crippen LogP contribution in [0.4, 0.5) is 0 Å². The molecule has 1 aliphatic heterocycles. The summed E-state index contributed by atoms with van der Waals surface area (Å²) in [6, 6.07) is 10.8. The van der Waals surface area contributed by atoms with E-state index < -0.39 is 0 Å². The fourth-order valence-electron chi connectivity index (χ4n) is 2.62. The van der Waals surface area contributed by atoms with E-state index in [0.29, 0.717) is 0 Å². The molecule has 2 aliphatic rings. The van der Waals surface area contributed by atoms with Gasteiger partial charge in [0.1, 0.15) is 0 Å². The Morgan fingerprint density at radius 3 is 2.74 bits per heavy atom. The molecule has 0 spiro atoms. The molecule has 1 heterocycles. The van der Waals surface area contributed by atoms with Crippen molar-refractivity contribution >= 4 is 0 Å². The zero-order valence-corrected chi connectivity index (χ0v) is 11.3. The van der Waals surface area contributed by atoms with Crippen molar-refractivity contribution in [3.05, 3.63) is 83.1 Å². The molecule has 1 unspecified atom stereocenters. The lowest BCUT2D eigenvalue weighted by Crippen LogP contribution is -2.17. The molecule has 1 aromatic rings. The first-order valence-corrected chi connectivity index (χ1v) is 6.90. The molecule has 1 atom stereocenters. The largest absolute Gasteiger partial charge is 0.381 e. The molecular weight excluding hydrogens is 230 g/mol. The maximum Gasteiger partial charge on any atom is 0.0701 e. The van der Waals surface area contributed by atoms with Gasteiger partial charge in [-0.25, -0.2) is 0 Å². The third-order valence-electron chi connectivity index (χ3n) is 3.68. The number of nitrogens with one attached hydrogen (secondary N) is 1. The predicted octanol–water partition coefficient (Wildman–Crippen LogP) is 4.44. The molecule has 0 saturated heterocycles. The second kappa shape index (κ2) is 5.31. The maximum atomic E-state index is 3.41. The first kappa shape index (κ1) is 12.0. The molecule has 0 radical (unpaired) electrons. The molecule has 1 aromatic carbocycles. The summed E-state index contributed by atoms with van der Waals surface area (Å²) >= 11 is 0. The Balaban J connectivity index is 1.88. The lowest BCUT2D eigenvalue weighted by atomic mass is 9.92. The third-order valence-corrected chi connectivity index (χ3v) is 3.68. The summed E-state index contributed by atoms with van der Waals surface area (Å²) in [5.74, 6) is 0. The van der Waals surface area contributed by atoms with Gasteiger partial charge in [0.25, 0.3) is 0 Å². The van der Waals surface area contributed by atoms with E-state index in [9.17, 15) is 0 Å². The fourth-order valence-corrected chi connectivity index (χ4v) is 2.62. The van der Waals surface area contributed by atoms with Crippen molar-refractivity contribution in [2.45, 2.75) is 25.8 Å². The molecule has 0 bridgehead atoms. The Kier molecular flexibility index (Phi) is 3.37. The van der Waals surface area contributed by atoms with E-state index in [-0.39, 0.29) is 6.04 Å². The number of allylic oxidation sites excluding steroid dienone is 6. The standard InChI is InChI=1S/C18H19N/c1-14-6-5-9-16(12-14)17-10-11-19-18(13-17)15-7-3-2-4-8-15/h2-4,7-13,18-19H,5-6H2,1H3. The van der Waals surface area contributed by atoms with Gasteiger partial charge in [0.05, 0.1) is 6.04 Å². The van der Waals surface area contributed by atoms with Crippen molar-refractivity contribution in [1.82, 2.24) is 5.32 Å². The molecule has 19 heavy (non-hydrogen) atoms. The minimum Gasteiger partial charge on any atom is -0.381 e. The Labute approximate surface area is 115 Å². The van der Waals surface area contributed by atoms with Gasteiger partial charge >= 0.3 is 0 Å². The normalized spacial score (nSPS) is 22.2. The SMILES string of the molecule is CC1=CC(C2=CC(c3ccccc3)NC=C2)=CCC1. The van der Waals surface area contributed by atoms with E-state index in [1.54, 1.807) is 0 Å². The second-order valence-corrected chi connectivity index (χ2v) is 5.20. The lowest BCUT2D eigenvalue weighted by molar-refractivity contribution is 0.740. The lowest BCUT2D eigenvalue weighted by Gasteiger charge is -2.21. The van der Waals surface area contributed by atoms with Gasteiger partial charge in [-0.15, -0.1) is 0 Å². The molecule has 1 aliphatic carbocycles. The topological polar surface area (TPSA) is 12.0 Å². The van der Waals surface area contributed by atoms with Gasteiger partial charge in [-0.1, -0.05) is 54.1 Å². The molecule has 0 amide bonds. The number of dihydropyridines is 1. The Bertz CT molecular complexity index is 573. The van der Waals surface area contributed by atoms with E-state index >= 15 is 0 Å². The molecular formula is C18H19N. The van der Waals surface area contributed by atoms with E-state index in [1.807, 2.05) is 0 Å². The van der Waals surface area contributed by atoms with Crippen LogP contribution in [0.15, 0.2) is 77.6 Å². The summed E-state index contributed by atoms with van der Waals surface area (Å²) in [5, 5.41) is 3.41. The molecule has 96 valence electrons. The molecule has 1 heteroatoms. The molecule has 1 N–H and O–H groups in total. The summed E-state index contributed by atoms with van der Waals surface area (Å²) < 4.78 is 0. The predicted molar refractivity (Wildman–Crippen MR) is 80.6 cm³/mol. The van der Waals surface area contributed by atoms with Crippen LogP contribution in [-0.2, 0) is 0 Å². The molecule has 1 nitrogen and oxygen atoms in total. The van der Waals surface area contributed by atoms with Crippen molar-refractivity contribution in [1.29, 1.82) is 0 Å². The van der Waals surface area contributed by atoms with E-state index in [2.05, 4.69) is 73.1 Å². The zero-order chi connectivity index (χ0) is 13.1. The van der Waals surface area contributed by atoms with Gasteiger partial charge in [0.2, 0.25) is 0 Å². The maximum absolute atomic E-state index is 3.41. The van der Waals surface area contributed by atoms with Crippen molar-refractivity contribution in [2.75, 3.05) is 0 Å².